The maximum atomic E-state index is 12.1. The van der Waals surface area contributed by atoms with Crippen LogP contribution in [0.25, 0.3) is 6.08 Å². The summed E-state index contributed by atoms with van der Waals surface area (Å²) < 4.78 is 11.4. The molecule has 136 valence electrons. The predicted molar refractivity (Wildman–Crippen MR) is 105 cm³/mol. The molecule has 0 saturated carbocycles. The van der Waals surface area contributed by atoms with Crippen molar-refractivity contribution in [1.29, 1.82) is 0 Å². The van der Waals surface area contributed by atoms with Crippen LogP contribution in [0.3, 0.4) is 0 Å². The molecule has 0 radical (unpaired) electrons. The highest BCUT2D eigenvalue weighted by atomic mass is 79.9. The number of nitrogens with one attached hydrogen (secondary N) is 1. The van der Waals surface area contributed by atoms with E-state index in [1.807, 2.05) is 25.1 Å². The number of hydrogen-bond acceptors (Lipinski definition) is 4. The van der Waals surface area contributed by atoms with Crippen molar-refractivity contribution in [2.75, 3.05) is 18.5 Å². The molecule has 0 bridgehead atoms. The van der Waals surface area contributed by atoms with Gasteiger partial charge in [-0.25, -0.2) is 4.79 Å². The second-order valence-corrected chi connectivity index (χ2v) is 6.15. The molecule has 0 unspecified atom stereocenters. The third-order valence-corrected chi connectivity index (χ3v) is 3.84. The number of hydrogen-bond donors (Lipinski definition) is 1. The van der Waals surface area contributed by atoms with E-state index in [0.717, 1.165) is 10.0 Å². The number of carbonyl (C=O) groups is 2. The number of benzene rings is 2. The van der Waals surface area contributed by atoms with Crippen LogP contribution in [0, 0.1) is 0 Å². The molecule has 1 amide bonds. The lowest BCUT2D eigenvalue weighted by molar-refractivity contribution is -0.111. The minimum absolute atomic E-state index is 0.281. The zero-order valence-corrected chi connectivity index (χ0v) is 16.2. The molecule has 2 aromatic rings. The Labute approximate surface area is 161 Å². The Morgan fingerprint density at radius 1 is 1.08 bits per heavy atom. The molecule has 0 atom stereocenters. The Hall–Kier alpha value is -2.60. The van der Waals surface area contributed by atoms with Gasteiger partial charge in [-0.1, -0.05) is 15.9 Å². The van der Waals surface area contributed by atoms with Crippen LogP contribution in [-0.2, 0) is 9.53 Å². The molecule has 0 spiro atoms. The van der Waals surface area contributed by atoms with Gasteiger partial charge in [-0.2, -0.15) is 0 Å². The van der Waals surface area contributed by atoms with Gasteiger partial charge in [-0.15, -0.1) is 0 Å². The summed E-state index contributed by atoms with van der Waals surface area (Å²) in [6.45, 7) is 4.52. The van der Waals surface area contributed by atoms with Gasteiger partial charge in [-0.05, 0) is 62.4 Å². The topological polar surface area (TPSA) is 64.6 Å². The van der Waals surface area contributed by atoms with E-state index in [0.29, 0.717) is 30.2 Å². The first kappa shape index (κ1) is 19.7. The van der Waals surface area contributed by atoms with Crippen molar-refractivity contribution in [3.63, 3.8) is 0 Å². The highest BCUT2D eigenvalue weighted by Crippen LogP contribution is 2.24. The number of amides is 1. The number of ether oxygens (including phenoxy) is 2. The maximum absolute atomic E-state index is 12.1. The lowest BCUT2D eigenvalue weighted by Gasteiger charge is -2.07. The van der Waals surface area contributed by atoms with Crippen molar-refractivity contribution >= 4 is 39.6 Å². The van der Waals surface area contributed by atoms with Gasteiger partial charge < -0.3 is 14.8 Å². The Bertz CT molecular complexity index is 800. The van der Waals surface area contributed by atoms with Crippen molar-refractivity contribution in [3.05, 3.63) is 64.1 Å². The van der Waals surface area contributed by atoms with E-state index in [9.17, 15) is 9.59 Å². The average molecular weight is 418 g/mol. The number of anilines is 1. The van der Waals surface area contributed by atoms with Crippen molar-refractivity contribution in [2.45, 2.75) is 13.8 Å². The Balaban J connectivity index is 2.03. The summed E-state index contributed by atoms with van der Waals surface area (Å²) in [7, 11) is 0. The van der Waals surface area contributed by atoms with Gasteiger partial charge in [0.15, 0.2) is 0 Å². The highest BCUT2D eigenvalue weighted by molar-refractivity contribution is 9.10. The van der Waals surface area contributed by atoms with Crippen molar-refractivity contribution in [3.8, 4) is 5.75 Å². The number of esters is 1. The smallest absolute Gasteiger partial charge is 0.338 e. The zero-order valence-electron chi connectivity index (χ0n) is 14.6. The van der Waals surface area contributed by atoms with Crippen LogP contribution >= 0.6 is 15.9 Å². The monoisotopic (exact) mass is 417 g/mol. The lowest BCUT2D eigenvalue weighted by atomic mass is 10.2. The summed E-state index contributed by atoms with van der Waals surface area (Å²) >= 11 is 3.41. The molecule has 0 aliphatic heterocycles. The SMILES string of the molecule is CCOC(=O)c1ccc(NC(=O)/C=C/c2cc(Br)ccc2OCC)cc1. The van der Waals surface area contributed by atoms with Crippen molar-refractivity contribution in [1.82, 2.24) is 0 Å². The van der Waals surface area contributed by atoms with Gasteiger partial charge in [0.25, 0.3) is 0 Å². The normalized spacial score (nSPS) is 10.6. The molecule has 0 saturated heterocycles. The van der Waals surface area contributed by atoms with Crippen LogP contribution in [-0.4, -0.2) is 25.1 Å². The second-order valence-electron chi connectivity index (χ2n) is 5.24. The largest absolute Gasteiger partial charge is 0.493 e. The fourth-order valence-electron chi connectivity index (χ4n) is 2.19. The molecule has 26 heavy (non-hydrogen) atoms. The highest BCUT2D eigenvalue weighted by Gasteiger charge is 2.07. The number of halogens is 1. The van der Waals surface area contributed by atoms with E-state index in [1.54, 1.807) is 37.3 Å². The molecule has 2 rings (SSSR count). The molecule has 0 aliphatic carbocycles. The molecule has 0 fully saturated rings. The van der Waals surface area contributed by atoms with Gasteiger partial charge in [0, 0.05) is 21.8 Å². The van der Waals surface area contributed by atoms with Crippen LogP contribution in [0.5, 0.6) is 5.75 Å². The molecule has 6 heteroatoms. The van der Waals surface area contributed by atoms with E-state index in [1.165, 1.54) is 6.08 Å². The van der Waals surface area contributed by atoms with E-state index < -0.39 is 0 Å². The number of carbonyl (C=O) groups excluding carboxylic acids is 2. The van der Waals surface area contributed by atoms with Crippen LogP contribution in [0.1, 0.15) is 29.8 Å². The third-order valence-electron chi connectivity index (χ3n) is 3.35. The van der Waals surface area contributed by atoms with Gasteiger partial charge in [0.05, 0.1) is 18.8 Å². The summed E-state index contributed by atoms with van der Waals surface area (Å²) in [5, 5.41) is 2.75. The summed E-state index contributed by atoms with van der Waals surface area (Å²) in [6, 6.07) is 12.1. The molecule has 1 N–H and O–H groups in total. The zero-order chi connectivity index (χ0) is 18.9. The first-order valence-corrected chi connectivity index (χ1v) is 9.01. The first-order valence-electron chi connectivity index (χ1n) is 8.22. The summed E-state index contributed by atoms with van der Waals surface area (Å²) in [4.78, 5) is 23.7. The first-order chi connectivity index (χ1) is 12.5. The van der Waals surface area contributed by atoms with Gasteiger partial charge in [0.2, 0.25) is 5.91 Å². The summed E-state index contributed by atoms with van der Waals surface area (Å²) in [6.07, 6.45) is 3.13. The molecular weight excluding hydrogens is 398 g/mol. The fourth-order valence-corrected chi connectivity index (χ4v) is 2.57. The Kier molecular flexibility index (Phi) is 7.41. The molecular formula is C20H20BrNO4. The van der Waals surface area contributed by atoms with E-state index in [2.05, 4.69) is 21.2 Å². The third kappa shape index (κ3) is 5.74. The van der Waals surface area contributed by atoms with E-state index >= 15 is 0 Å². The van der Waals surface area contributed by atoms with Crippen molar-refractivity contribution in [2.24, 2.45) is 0 Å². The Morgan fingerprint density at radius 3 is 2.46 bits per heavy atom. The van der Waals surface area contributed by atoms with Crippen molar-refractivity contribution < 1.29 is 19.1 Å². The quantitative estimate of drug-likeness (QED) is 0.524. The standard InChI is InChI=1S/C20H20BrNO4/c1-3-25-18-11-8-16(21)13-15(18)7-12-19(23)22-17-9-5-14(6-10-17)20(24)26-4-2/h5-13H,3-4H2,1-2H3,(H,22,23)/b12-7+. The van der Waals surface area contributed by atoms with E-state index in [-0.39, 0.29) is 11.9 Å². The molecule has 0 aromatic heterocycles. The van der Waals surface area contributed by atoms with Crippen LogP contribution in [0.4, 0.5) is 5.69 Å². The van der Waals surface area contributed by atoms with Gasteiger partial charge >= 0.3 is 5.97 Å². The summed E-state index contributed by atoms with van der Waals surface area (Å²) in [5.41, 5.74) is 1.83. The maximum Gasteiger partial charge on any atom is 0.338 e. The minimum Gasteiger partial charge on any atom is -0.493 e. The van der Waals surface area contributed by atoms with E-state index in [4.69, 9.17) is 9.47 Å². The van der Waals surface area contributed by atoms with Gasteiger partial charge in [0.1, 0.15) is 5.75 Å². The molecule has 0 aliphatic rings. The Morgan fingerprint density at radius 2 is 1.81 bits per heavy atom. The fraction of sp³-hybridized carbons (Fsp3) is 0.200. The predicted octanol–water partition coefficient (Wildman–Crippen LogP) is 4.68. The van der Waals surface area contributed by atoms with Crippen LogP contribution in [0.15, 0.2) is 53.0 Å². The number of rotatable bonds is 7. The lowest BCUT2D eigenvalue weighted by Crippen LogP contribution is -2.09. The second kappa shape index (κ2) is 9.77. The average Bonchev–Trinajstić information content (AvgIpc) is 2.63. The molecule has 2 aromatic carbocycles. The van der Waals surface area contributed by atoms with Crippen LogP contribution < -0.4 is 10.1 Å². The molecule has 5 nitrogen and oxygen atoms in total. The molecule has 0 heterocycles. The van der Waals surface area contributed by atoms with Gasteiger partial charge in [-0.3, -0.25) is 4.79 Å². The minimum atomic E-state index is -0.386. The summed E-state index contributed by atoms with van der Waals surface area (Å²) in [5.74, 6) is 0.0400. The van der Waals surface area contributed by atoms with Crippen LogP contribution in [0.2, 0.25) is 0 Å².